The molecule has 3 heterocycles. The molecular formula is C18H20N4O3. The van der Waals surface area contributed by atoms with E-state index in [1.807, 2.05) is 11.0 Å². The van der Waals surface area contributed by atoms with E-state index in [-0.39, 0.29) is 16.9 Å². The summed E-state index contributed by atoms with van der Waals surface area (Å²) in [5.74, 6) is -0.164. The fourth-order valence-corrected chi connectivity index (χ4v) is 3.17. The fourth-order valence-electron chi connectivity index (χ4n) is 3.17. The van der Waals surface area contributed by atoms with Gasteiger partial charge in [0.05, 0.1) is 16.8 Å². The molecule has 25 heavy (non-hydrogen) atoms. The van der Waals surface area contributed by atoms with Crippen LogP contribution < -0.4 is 10.5 Å². The number of methoxy groups -OCH3 is 1. The summed E-state index contributed by atoms with van der Waals surface area (Å²) in [7, 11) is 1.69. The van der Waals surface area contributed by atoms with Gasteiger partial charge in [0.1, 0.15) is 22.8 Å². The summed E-state index contributed by atoms with van der Waals surface area (Å²) in [6.45, 7) is 4.78. The molecule has 0 saturated carbocycles. The van der Waals surface area contributed by atoms with Crippen LogP contribution in [0.1, 0.15) is 42.7 Å². The molecule has 1 aliphatic rings. The van der Waals surface area contributed by atoms with Gasteiger partial charge in [0, 0.05) is 27.1 Å². The number of pyridine rings is 2. The van der Waals surface area contributed by atoms with Crippen molar-refractivity contribution in [3.63, 3.8) is 0 Å². The number of aromatic nitrogens is 2. The molecule has 1 aliphatic heterocycles. The van der Waals surface area contributed by atoms with Gasteiger partial charge in [-0.3, -0.25) is 9.59 Å². The number of carbonyl (C=O) groups excluding carboxylic acids is 1. The number of Topliss-reactive ketones (excluding diaryl/α,β-unsaturated/α-hetero) is 1. The van der Waals surface area contributed by atoms with Crippen LogP contribution in [0.25, 0.3) is 11.0 Å². The summed E-state index contributed by atoms with van der Waals surface area (Å²) in [4.78, 5) is 33.1. The number of nitriles is 1. The minimum absolute atomic E-state index is 0.0294. The van der Waals surface area contributed by atoms with Crippen LogP contribution in [-0.2, 0) is 4.74 Å². The lowest BCUT2D eigenvalue weighted by Gasteiger charge is -2.39. The van der Waals surface area contributed by atoms with Gasteiger partial charge >= 0.3 is 0 Å². The van der Waals surface area contributed by atoms with E-state index in [2.05, 4.69) is 16.9 Å². The molecule has 1 N–H and O–H groups in total. The maximum absolute atomic E-state index is 12.3. The average Bonchev–Trinajstić information content (AvgIpc) is 2.61. The number of piperidine rings is 1. The quantitative estimate of drug-likeness (QED) is 0.858. The number of rotatable bonds is 3. The molecule has 0 atom stereocenters. The van der Waals surface area contributed by atoms with E-state index in [4.69, 9.17) is 4.74 Å². The van der Waals surface area contributed by atoms with Gasteiger partial charge < -0.3 is 14.6 Å². The largest absolute Gasteiger partial charge is 0.378 e. The molecule has 0 radical (unpaired) electrons. The Balaban J connectivity index is 2.18. The number of ether oxygens (including phenoxy) is 1. The zero-order chi connectivity index (χ0) is 18.2. The van der Waals surface area contributed by atoms with Crippen molar-refractivity contribution in [1.82, 2.24) is 9.97 Å². The standard InChI is InChI=1S/C18H20N4O3/c1-11(23)13-4-5-14-15(20-13)16(12(10-19)17(24)21-14)22-8-6-18(2,25-3)7-9-22/h4-5H,6-9H2,1-3H3,(H,21,24). The number of hydrogen-bond acceptors (Lipinski definition) is 6. The van der Waals surface area contributed by atoms with Crippen molar-refractivity contribution in [2.45, 2.75) is 32.3 Å². The molecule has 7 nitrogen and oxygen atoms in total. The number of fused-ring (bicyclic) bond motifs is 1. The predicted molar refractivity (Wildman–Crippen MR) is 93.9 cm³/mol. The molecule has 7 heteroatoms. The maximum atomic E-state index is 12.3. The Morgan fingerprint density at radius 3 is 2.64 bits per heavy atom. The van der Waals surface area contributed by atoms with Crippen LogP contribution in [0.2, 0.25) is 0 Å². The van der Waals surface area contributed by atoms with E-state index in [1.165, 1.54) is 6.92 Å². The van der Waals surface area contributed by atoms with E-state index in [0.717, 1.165) is 12.8 Å². The van der Waals surface area contributed by atoms with Gasteiger partial charge in [0.25, 0.3) is 5.56 Å². The third-order valence-electron chi connectivity index (χ3n) is 4.93. The van der Waals surface area contributed by atoms with Crippen molar-refractivity contribution in [2.75, 3.05) is 25.1 Å². The lowest BCUT2D eigenvalue weighted by atomic mass is 9.92. The van der Waals surface area contributed by atoms with Gasteiger partial charge in [-0.05, 0) is 31.9 Å². The van der Waals surface area contributed by atoms with Gasteiger partial charge in [-0.15, -0.1) is 0 Å². The predicted octanol–water partition coefficient (Wildman–Crippen LogP) is 2.00. The summed E-state index contributed by atoms with van der Waals surface area (Å²) in [6, 6.07) is 5.23. The third-order valence-corrected chi connectivity index (χ3v) is 4.93. The third kappa shape index (κ3) is 3.01. The summed E-state index contributed by atoms with van der Waals surface area (Å²) < 4.78 is 5.56. The number of aromatic amines is 1. The highest BCUT2D eigenvalue weighted by molar-refractivity contribution is 5.97. The summed E-state index contributed by atoms with van der Waals surface area (Å²) in [5.41, 5.74) is 1.18. The number of hydrogen-bond donors (Lipinski definition) is 1. The summed E-state index contributed by atoms with van der Waals surface area (Å²) in [6.07, 6.45) is 1.55. The molecule has 2 aromatic rings. The Bertz CT molecular complexity index is 934. The number of anilines is 1. The van der Waals surface area contributed by atoms with Crippen molar-refractivity contribution in [3.05, 3.63) is 33.7 Å². The van der Waals surface area contributed by atoms with Gasteiger partial charge in [-0.1, -0.05) is 0 Å². The Labute approximate surface area is 145 Å². The van der Waals surface area contributed by atoms with Crippen molar-refractivity contribution in [1.29, 1.82) is 5.26 Å². The van der Waals surface area contributed by atoms with Crippen LogP contribution in [0.15, 0.2) is 16.9 Å². The highest BCUT2D eigenvalue weighted by Crippen LogP contribution is 2.32. The van der Waals surface area contributed by atoms with Gasteiger partial charge in [-0.25, -0.2) is 4.98 Å². The van der Waals surface area contributed by atoms with Gasteiger partial charge in [-0.2, -0.15) is 5.26 Å². The van der Waals surface area contributed by atoms with E-state index in [0.29, 0.717) is 35.5 Å². The number of carbonyl (C=O) groups is 1. The SMILES string of the molecule is COC1(C)CCN(c2c(C#N)c(=O)[nH]c3ccc(C(C)=O)nc23)CC1. The van der Waals surface area contributed by atoms with Gasteiger partial charge in [0.15, 0.2) is 5.78 Å². The Hall–Kier alpha value is -2.72. The summed E-state index contributed by atoms with van der Waals surface area (Å²) in [5, 5.41) is 9.50. The Morgan fingerprint density at radius 2 is 2.08 bits per heavy atom. The molecule has 1 fully saturated rings. The molecule has 0 unspecified atom stereocenters. The molecule has 3 rings (SSSR count). The monoisotopic (exact) mass is 340 g/mol. The molecule has 0 aromatic carbocycles. The second kappa shape index (κ2) is 6.30. The van der Waals surface area contributed by atoms with Crippen LogP contribution in [0.3, 0.4) is 0 Å². The first-order valence-electron chi connectivity index (χ1n) is 8.17. The van der Waals surface area contributed by atoms with Crippen molar-refractivity contribution in [3.8, 4) is 6.07 Å². The zero-order valence-corrected chi connectivity index (χ0v) is 14.5. The number of ketones is 1. The first kappa shape index (κ1) is 17.1. The average molecular weight is 340 g/mol. The van der Waals surface area contributed by atoms with Crippen LogP contribution in [0, 0.1) is 11.3 Å². The van der Waals surface area contributed by atoms with Gasteiger partial charge in [0.2, 0.25) is 0 Å². The van der Waals surface area contributed by atoms with Crippen LogP contribution in [-0.4, -0.2) is 41.6 Å². The normalized spacial score (nSPS) is 16.6. The van der Waals surface area contributed by atoms with E-state index < -0.39 is 5.56 Å². The lowest BCUT2D eigenvalue weighted by Crippen LogP contribution is -2.44. The van der Waals surface area contributed by atoms with Crippen LogP contribution in [0.4, 0.5) is 5.69 Å². The molecule has 0 amide bonds. The van der Waals surface area contributed by atoms with Crippen molar-refractivity contribution >= 4 is 22.5 Å². The number of nitrogens with zero attached hydrogens (tertiary/aromatic N) is 3. The molecular weight excluding hydrogens is 320 g/mol. The molecule has 2 aromatic heterocycles. The molecule has 0 bridgehead atoms. The maximum Gasteiger partial charge on any atom is 0.268 e. The molecule has 130 valence electrons. The number of H-pyrrole nitrogens is 1. The highest BCUT2D eigenvalue weighted by Gasteiger charge is 2.32. The minimum atomic E-state index is -0.442. The van der Waals surface area contributed by atoms with E-state index in [9.17, 15) is 14.9 Å². The van der Waals surface area contributed by atoms with Crippen molar-refractivity contribution < 1.29 is 9.53 Å². The number of nitrogens with one attached hydrogen (secondary N) is 1. The highest BCUT2D eigenvalue weighted by atomic mass is 16.5. The molecule has 0 aliphatic carbocycles. The Morgan fingerprint density at radius 1 is 1.40 bits per heavy atom. The molecule has 0 spiro atoms. The Kier molecular flexibility index (Phi) is 4.31. The fraction of sp³-hybridized carbons (Fsp3) is 0.444. The zero-order valence-electron chi connectivity index (χ0n) is 14.5. The van der Waals surface area contributed by atoms with Crippen LogP contribution >= 0.6 is 0 Å². The topological polar surface area (TPSA) is 99.1 Å². The van der Waals surface area contributed by atoms with Crippen LogP contribution in [0.5, 0.6) is 0 Å². The second-order valence-electron chi connectivity index (χ2n) is 6.58. The first-order valence-corrected chi connectivity index (χ1v) is 8.17. The second-order valence-corrected chi connectivity index (χ2v) is 6.58. The van der Waals surface area contributed by atoms with Crippen molar-refractivity contribution in [2.24, 2.45) is 0 Å². The first-order chi connectivity index (χ1) is 11.9. The van der Waals surface area contributed by atoms with E-state index >= 15 is 0 Å². The summed E-state index contributed by atoms with van der Waals surface area (Å²) >= 11 is 0. The minimum Gasteiger partial charge on any atom is -0.378 e. The lowest BCUT2D eigenvalue weighted by molar-refractivity contribution is -0.0132. The van der Waals surface area contributed by atoms with E-state index in [1.54, 1.807) is 19.2 Å². The molecule has 1 saturated heterocycles. The smallest absolute Gasteiger partial charge is 0.268 e.